The van der Waals surface area contributed by atoms with E-state index in [-0.39, 0.29) is 5.78 Å². The van der Waals surface area contributed by atoms with Gasteiger partial charge in [0.25, 0.3) is 0 Å². The van der Waals surface area contributed by atoms with Crippen LogP contribution in [-0.4, -0.2) is 12.9 Å². The summed E-state index contributed by atoms with van der Waals surface area (Å²) >= 11 is 0. The molecule has 0 N–H and O–H groups in total. The molecule has 0 atom stereocenters. The largest absolute Gasteiger partial charge is 0.493 e. The van der Waals surface area contributed by atoms with Crippen molar-refractivity contribution >= 4 is 5.78 Å². The number of methoxy groups -OCH3 is 1. The molecule has 0 heterocycles. The molecule has 0 aliphatic heterocycles. The fourth-order valence-electron chi connectivity index (χ4n) is 1.56. The Hall–Kier alpha value is -1.05. The Bertz CT molecular complexity index is 316. The summed E-state index contributed by atoms with van der Waals surface area (Å²) in [7, 11) is 1.56. The van der Waals surface area contributed by atoms with Gasteiger partial charge in [-0.3, -0.25) is 4.79 Å². The van der Waals surface area contributed by atoms with Crippen LogP contribution in [0.3, 0.4) is 0 Å². The Morgan fingerprint density at radius 1 is 1.12 bits per heavy atom. The van der Waals surface area contributed by atoms with Gasteiger partial charge in [-0.05, 0) is 51.2 Å². The third-order valence-electron chi connectivity index (χ3n) is 2.60. The monoisotopic (exact) mass is 224 g/mol. The number of hydrogen-bond donors (Lipinski definition) is 0. The summed E-state index contributed by atoms with van der Waals surface area (Å²) in [6, 6.07) is 0. The Morgan fingerprint density at radius 2 is 1.62 bits per heavy atom. The lowest BCUT2D eigenvalue weighted by Gasteiger charge is -2.12. The molecule has 0 unspecified atom stereocenters. The van der Waals surface area contributed by atoms with Crippen LogP contribution >= 0.6 is 0 Å². The van der Waals surface area contributed by atoms with E-state index in [0.29, 0.717) is 11.7 Å². The molecular weight excluding hydrogens is 200 g/mol. The number of ether oxygens (including phenoxy) is 1. The Morgan fingerprint density at radius 3 is 1.94 bits per heavy atom. The number of carbonyl (C=O) groups excluding carboxylic acids is 1. The average molecular weight is 224 g/mol. The maximum atomic E-state index is 12.1. The molecule has 2 heteroatoms. The van der Waals surface area contributed by atoms with Gasteiger partial charge in [-0.1, -0.05) is 19.4 Å². The highest BCUT2D eigenvalue weighted by Gasteiger charge is 2.16. The van der Waals surface area contributed by atoms with Crippen LogP contribution in [0.4, 0.5) is 0 Å². The lowest BCUT2D eigenvalue weighted by atomic mass is 9.99. The number of rotatable bonds is 5. The summed E-state index contributed by atoms with van der Waals surface area (Å²) in [6.45, 7) is 12.0. The Balaban J connectivity index is 5.15. The van der Waals surface area contributed by atoms with Crippen LogP contribution in [-0.2, 0) is 9.53 Å². The first-order valence-electron chi connectivity index (χ1n) is 5.73. The van der Waals surface area contributed by atoms with Gasteiger partial charge in [0.05, 0.1) is 7.11 Å². The maximum Gasteiger partial charge on any atom is 0.223 e. The van der Waals surface area contributed by atoms with Crippen LogP contribution < -0.4 is 0 Å². The van der Waals surface area contributed by atoms with E-state index in [1.807, 2.05) is 27.7 Å². The minimum absolute atomic E-state index is 0.0145. The number of ketones is 1. The van der Waals surface area contributed by atoms with Gasteiger partial charge in [0.2, 0.25) is 5.78 Å². The summed E-state index contributed by atoms with van der Waals surface area (Å²) in [5, 5.41) is 0. The molecule has 0 aromatic heterocycles. The van der Waals surface area contributed by atoms with Crippen molar-refractivity contribution in [3.63, 3.8) is 0 Å². The van der Waals surface area contributed by atoms with E-state index in [1.54, 1.807) is 7.11 Å². The minimum atomic E-state index is 0.0145. The SMILES string of the molecule is CO/C(C(=O)C(C)=C(C)C)=C(\C)CC(C)C. The van der Waals surface area contributed by atoms with Crippen molar-refractivity contribution in [1.82, 2.24) is 0 Å². The summed E-state index contributed by atoms with van der Waals surface area (Å²) < 4.78 is 5.24. The molecule has 0 aliphatic rings. The van der Waals surface area contributed by atoms with E-state index in [9.17, 15) is 4.79 Å². The zero-order chi connectivity index (χ0) is 12.9. The molecule has 0 radical (unpaired) electrons. The van der Waals surface area contributed by atoms with E-state index < -0.39 is 0 Å². The van der Waals surface area contributed by atoms with Crippen LogP contribution in [0.25, 0.3) is 0 Å². The lowest BCUT2D eigenvalue weighted by Crippen LogP contribution is -2.10. The molecule has 2 nitrogen and oxygen atoms in total. The first-order valence-corrected chi connectivity index (χ1v) is 5.73. The molecule has 0 aromatic rings. The topological polar surface area (TPSA) is 26.3 Å². The van der Waals surface area contributed by atoms with Crippen LogP contribution in [0.1, 0.15) is 48.0 Å². The molecule has 0 spiro atoms. The molecule has 0 saturated heterocycles. The zero-order valence-electron chi connectivity index (χ0n) is 11.6. The highest BCUT2D eigenvalue weighted by atomic mass is 16.5. The Labute approximate surface area is 99.4 Å². The summed E-state index contributed by atoms with van der Waals surface area (Å²) in [5.74, 6) is 1.05. The number of Topliss-reactive ketones (excluding diaryl/α,β-unsaturated/α-hetero) is 1. The maximum absolute atomic E-state index is 12.1. The van der Waals surface area contributed by atoms with E-state index in [4.69, 9.17) is 4.74 Å². The Kier molecular flexibility index (Phi) is 6.09. The van der Waals surface area contributed by atoms with Crippen molar-refractivity contribution < 1.29 is 9.53 Å². The van der Waals surface area contributed by atoms with E-state index >= 15 is 0 Å². The smallest absolute Gasteiger partial charge is 0.223 e. The molecule has 0 aromatic carbocycles. The standard InChI is InChI=1S/C14H24O2/c1-9(2)8-11(5)14(16-7)13(15)12(6)10(3)4/h9H,8H2,1-7H3/b14-11+. The van der Waals surface area contributed by atoms with Crippen LogP contribution in [0, 0.1) is 5.92 Å². The molecule has 0 fully saturated rings. The lowest BCUT2D eigenvalue weighted by molar-refractivity contribution is -0.115. The van der Waals surface area contributed by atoms with Gasteiger partial charge in [0, 0.05) is 0 Å². The van der Waals surface area contributed by atoms with Gasteiger partial charge in [0.1, 0.15) is 0 Å². The van der Waals surface area contributed by atoms with Gasteiger partial charge in [-0.25, -0.2) is 0 Å². The van der Waals surface area contributed by atoms with Crippen LogP contribution in [0.5, 0.6) is 0 Å². The fourth-order valence-corrected chi connectivity index (χ4v) is 1.56. The zero-order valence-corrected chi connectivity index (χ0v) is 11.6. The van der Waals surface area contributed by atoms with Gasteiger partial charge in [-0.15, -0.1) is 0 Å². The van der Waals surface area contributed by atoms with Crippen LogP contribution in [0.15, 0.2) is 22.5 Å². The van der Waals surface area contributed by atoms with Crippen molar-refractivity contribution in [2.24, 2.45) is 5.92 Å². The highest BCUT2D eigenvalue weighted by Crippen LogP contribution is 2.19. The summed E-state index contributed by atoms with van der Waals surface area (Å²) in [5.41, 5.74) is 2.85. The molecule has 16 heavy (non-hydrogen) atoms. The van der Waals surface area contributed by atoms with Gasteiger partial charge >= 0.3 is 0 Å². The molecule has 0 amide bonds. The van der Waals surface area contributed by atoms with Crippen molar-refractivity contribution in [2.75, 3.05) is 7.11 Å². The number of carbonyl (C=O) groups is 1. The second-order valence-electron chi connectivity index (χ2n) is 4.87. The third-order valence-corrected chi connectivity index (χ3v) is 2.60. The fraction of sp³-hybridized carbons (Fsp3) is 0.643. The molecule has 0 bridgehead atoms. The first-order chi connectivity index (χ1) is 7.31. The average Bonchev–Trinajstić information content (AvgIpc) is 2.16. The molecule has 0 saturated carbocycles. The van der Waals surface area contributed by atoms with Crippen molar-refractivity contribution in [2.45, 2.75) is 48.0 Å². The summed E-state index contributed by atoms with van der Waals surface area (Å²) in [4.78, 5) is 12.1. The van der Waals surface area contributed by atoms with E-state index in [0.717, 1.165) is 23.1 Å². The normalized spacial score (nSPS) is 12.2. The van der Waals surface area contributed by atoms with Crippen molar-refractivity contribution in [3.8, 4) is 0 Å². The predicted octanol–water partition coefficient (Wildman–Crippen LogP) is 3.88. The van der Waals surface area contributed by atoms with Crippen LogP contribution in [0.2, 0.25) is 0 Å². The van der Waals surface area contributed by atoms with Crippen molar-refractivity contribution in [3.05, 3.63) is 22.5 Å². The van der Waals surface area contributed by atoms with Gasteiger partial charge in [0.15, 0.2) is 5.76 Å². The minimum Gasteiger partial charge on any atom is -0.493 e. The number of allylic oxidation sites excluding steroid dienone is 3. The van der Waals surface area contributed by atoms with E-state index in [2.05, 4.69) is 13.8 Å². The molecule has 0 rings (SSSR count). The third kappa shape index (κ3) is 4.21. The molecular formula is C14H24O2. The molecule has 0 aliphatic carbocycles. The first kappa shape index (κ1) is 14.9. The second kappa shape index (κ2) is 6.51. The second-order valence-corrected chi connectivity index (χ2v) is 4.87. The van der Waals surface area contributed by atoms with Crippen molar-refractivity contribution in [1.29, 1.82) is 0 Å². The van der Waals surface area contributed by atoms with Gasteiger partial charge in [-0.2, -0.15) is 0 Å². The van der Waals surface area contributed by atoms with E-state index in [1.165, 1.54) is 0 Å². The predicted molar refractivity (Wildman–Crippen MR) is 68.2 cm³/mol. The highest BCUT2D eigenvalue weighted by molar-refractivity contribution is 6.07. The number of hydrogen-bond acceptors (Lipinski definition) is 2. The molecule has 92 valence electrons. The van der Waals surface area contributed by atoms with Gasteiger partial charge < -0.3 is 4.74 Å². The summed E-state index contributed by atoms with van der Waals surface area (Å²) in [6.07, 6.45) is 0.894. The quantitative estimate of drug-likeness (QED) is 0.523.